The highest BCUT2D eigenvalue weighted by molar-refractivity contribution is 4.85. The molecule has 0 aliphatic rings. The summed E-state index contributed by atoms with van der Waals surface area (Å²) in [6, 6.07) is 0. The SMILES string of the molecule is CN(O)Cc1cnco1. The van der Waals surface area contributed by atoms with Crippen LogP contribution in [0.2, 0.25) is 0 Å². The Morgan fingerprint density at radius 1 is 1.89 bits per heavy atom. The molecule has 0 aliphatic carbocycles. The smallest absolute Gasteiger partial charge is 0.180 e. The van der Waals surface area contributed by atoms with Gasteiger partial charge in [0.1, 0.15) is 5.76 Å². The van der Waals surface area contributed by atoms with Crippen molar-refractivity contribution in [2.45, 2.75) is 6.54 Å². The van der Waals surface area contributed by atoms with E-state index >= 15 is 0 Å². The lowest BCUT2D eigenvalue weighted by Crippen LogP contribution is -2.10. The molecule has 1 N–H and O–H groups in total. The molecule has 9 heavy (non-hydrogen) atoms. The highest BCUT2D eigenvalue weighted by atomic mass is 16.5. The summed E-state index contributed by atoms with van der Waals surface area (Å²) in [5.74, 6) is 0.653. The molecule has 0 amide bonds. The van der Waals surface area contributed by atoms with E-state index < -0.39 is 0 Å². The van der Waals surface area contributed by atoms with Crippen LogP contribution in [-0.4, -0.2) is 22.3 Å². The van der Waals surface area contributed by atoms with Crippen molar-refractivity contribution in [1.29, 1.82) is 0 Å². The minimum atomic E-state index is 0.375. The Morgan fingerprint density at radius 2 is 2.67 bits per heavy atom. The summed E-state index contributed by atoms with van der Waals surface area (Å²) >= 11 is 0. The van der Waals surface area contributed by atoms with Crippen molar-refractivity contribution >= 4 is 0 Å². The Morgan fingerprint density at radius 3 is 3.11 bits per heavy atom. The molecule has 1 rings (SSSR count). The van der Waals surface area contributed by atoms with Crippen molar-refractivity contribution in [3.8, 4) is 0 Å². The highest BCUT2D eigenvalue weighted by Gasteiger charge is 1.97. The lowest BCUT2D eigenvalue weighted by Gasteiger charge is -2.02. The van der Waals surface area contributed by atoms with Crippen LogP contribution in [0.25, 0.3) is 0 Å². The van der Waals surface area contributed by atoms with Crippen LogP contribution in [0.5, 0.6) is 0 Å². The second-order valence-corrected chi connectivity index (χ2v) is 1.78. The minimum Gasteiger partial charge on any atom is -0.447 e. The standard InChI is InChI=1S/C5H8N2O2/c1-7(8)3-5-2-6-4-9-5/h2,4,8H,3H2,1H3. The van der Waals surface area contributed by atoms with Crippen LogP contribution in [0.15, 0.2) is 17.0 Å². The molecule has 50 valence electrons. The molecule has 0 radical (unpaired) electrons. The first-order valence-electron chi connectivity index (χ1n) is 2.56. The van der Waals surface area contributed by atoms with Gasteiger partial charge in [-0.1, -0.05) is 0 Å². The zero-order valence-electron chi connectivity index (χ0n) is 5.11. The first kappa shape index (κ1) is 6.25. The van der Waals surface area contributed by atoms with Crippen molar-refractivity contribution in [2.24, 2.45) is 0 Å². The second kappa shape index (κ2) is 2.61. The van der Waals surface area contributed by atoms with Crippen LogP contribution < -0.4 is 0 Å². The molecule has 0 saturated heterocycles. The van der Waals surface area contributed by atoms with Gasteiger partial charge in [0.2, 0.25) is 0 Å². The maximum atomic E-state index is 8.67. The van der Waals surface area contributed by atoms with Gasteiger partial charge in [-0.2, -0.15) is 5.06 Å². The monoisotopic (exact) mass is 128 g/mol. The number of rotatable bonds is 2. The molecule has 0 unspecified atom stereocenters. The molecular weight excluding hydrogens is 120 g/mol. The molecule has 0 atom stereocenters. The topological polar surface area (TPSA) is 49.5 Å². The normalized spacial score (nSPS) is 10.6. The number of hydrogen-bond donors (Lipinski definition) is 1. The summed E-state index contributed by atoms with van der Waals surface area (Å²) in [7, 11) is 1.54. The molecule has 0 aromatic carbocycles. The van der Waals surface area contributed by atoms with Gasteiger partial charge in [0, 0.05) is 7.05 Å². The van der Waals surface area contributed by atoms with Gasteiger partial charge >= 0.3 is 0 Å². The van der Waals surface area contributed by atoms with E-state index in [2.05, 4.69) is 4.98 Å². The van der Waals surface area contributed by atoms with E-state index in [-0.39, 0.29) is 0 Å². The molecule has 4 nitrogen and oxygen atoms in total. The van der Waals surface area contributed by atoms with E-state index in [1.54, 1.807) is 13.2 Å². The van der Waals surface area contributed by atoms with Crippen molar-refractivity contribution < 1.29 is 9.62 Å². The van der Waals surface area contributed by atoms with Crippen LogP contribution >= 0.6 is 0 Å². The van der Waals surface area contributed by atoms with Gasteiger partial charge in [-0.15, -0.1) is 0 Å². The Hall–Kier alpha value is -0.870. The number of nitrogens with zero attached hydrogens (tertiary/aromatic N) is 2. The van der Waals surface area contributed by atoms with Gasteiger partial charge in [-0.3, -0.25) is 0 Å². The first-order valence-corrected chi connectivity index (χ1v) is 2.56. The van der Waals surface area contributed by atoms with E-state index in [1.165, 1.54) is 6.39 Å². The van der Waals surface area contributed by atoms with Crippen LogP contribution in [0.4, 0.5) is 0 Å². The highest BCUT2D eigenvalue weighted by Crippen LogP contribution is 1.97. The molecule has 0 fully saturated rings. The fourth-order valence-electron chi connectivity index (χ4n) is 0.546. The van der Waals surface area contributed by atoms with Gasteiger partial charge in [0.25, 0.3) is 0 Å². The van der Waals surface area contributed by atoms with Crippen LogP contribution in [0.1, 0.15) is 5.76 Å². The van der Waals surface area contributed by atoms with Crippen molar-refractivity contribution in [2.75, 3.05) is 7.05 Å². The van der Waals surface area contributed by atoms with Crippen LogP contribution in [0.3, 0.4) is 0 Å². The third-order valence-electron chi connectivity index (χ3n) is 0.868. The van der Waals surface area contributed by atoms with Gasteiger partial charge in [-0.05, 0) is 0 Å². The zero-order chi connectivity index (χ0) is 6.69. The Balaban J connectivity index is 2.48. The van der Waals surface area contributed by atoms with Crippen LogP contribution in [-0.2, 0) is 6.54 Å². The van der Waals surface area contributed by atoms with Gasteiger partial charge < -0.3 is 9.62 Å². The predicted octanol–water partition coefficient (Wildman–Crippen LogP) is 0.496. The quantitative estimate of drug-likeness (QED) is 0.589. The number of oxazole rings is 1. The fourth-order valence-corrected chi connectivity index (χ4v) is 0.546. The Labute approximate surface area is 52.7 Å². The summed E-state index contributed by atoms with van der Waals surface area (Å²) in [4.78, 5) is 3.67. The molecule has 0 spiro atoms. The first-order chi connectivity index (χ1) is 4.29. The van der Waals surface area contributed by atoms with Crippen molar-refractivity contribution in [3.05, 3.63) is 18.4 Å². The maximum absolute atomic E-state index is 8.67. The molecule has 0 bridgehead atoms. The van der Waals surface area contributed by atoms with E-state index in [1.807, 2.05) is 0 Å². The van der Waals surface area contributed by atoms with E-state index in [4.69, 9.17) is 9.62 Å². The average Bonchev–Trinajstić information content (AvgIpc) is 2.15. The average molecular weight is 128 g/mol. The molecule has 4 heteroatoms. The summed E-state index contributed by atoms with van der Waals surface area (Å²) in [6.07, 6.45) is 2.89. The minimum absolute atomic E-state index is 0.375. The largest absolute Gasteiger partial charge is 0.447 e. The van der Waals surface area contributed by atoms with Crippen molar-refractivity contribution in [3.63, 3.8) is 0 Å². The zero-order valence-corrected chi connectivity index (χ0v) is 5.11. The molecule has 1 heterocycles. The second-order valence-electron chi connectivity index (χ2n) is 1.78. The summed E-state index contributed by atoms with van der Waals surface area (Å²) in [6.45, 7) is 0.375. The molecular formula is C5H8N2O2. The maximum Gasteiger partial charge on any atom is 0.180 e. The van der Waals surface area contributed by atoms with Crippen molar-refractivity contribution in [1.82, 2.24) is 10.0 Å². The van der Waals surface area contributed by atoms with Crippen LogP contribution in [0, 0.1) is 0 Å². The third-order valence-corrected chi connectivity index (χ3v) is 0.868. The van der Waals surface area contributed by atoms with Gasteiger partial charge in [0.15, 0.2) is 6.39 Å². The number of hydroxylamine groups is 2. The molecule has 0 aliphatic heterocycles. The Bertz CT molecular complexity index is 159. The Kier molecular flexibility index (Phi) is 1.81. The van der Waals surface area contributed by atoms with E-state index in [0.29, 0.717) is 12.3 Å². The lowest BCUT2D eigenvalue weighted by atomic mass is 10.5. The number of hydrogen-bond acceptors (Lipinski definition) is 4. The van der Waals surface area contributed by atoms with E-state index in [0.717, 1.165) is 5.06 Å². The molecule has 0 saturated carbocycles. The number of aromatic nitrogens is 1. The predicted molar refractivity (Wildman–Crippen MR) is 29.8 cm³/mol. The molecule has 1 aromatic rings. The summed E-state index contributed by atoms with van der Waals surface area (Å²) in [5.41, 5.74) is 0. The van der Waals surface area contributed by atoms with Gasteiger partial charge in [0.05, 0.1) is 12.7 Å². The summed E-state index contributed by atoms with van der Waals surface area (Å²) < 4.78 is 4.83. The van der Waals surface area contributed by atoms with Gasteiger partial charge in [-0.25, -0.2) is 4.98 Å². The molecule has 1 aromatic heterocycles. The summed E-state index contributed by atoms with van der Waals surface area (Å²) in [5, 5.41) is 9.70. The lowest BCUT2D eigenvalue weighted by molar-refractivity contribution is -0.0774. The third kappa shape index (κ3) is 1.83. The van der Waals surface area contributed by atoms with E-state index in [9.17, 15) is 0 Å². The fraction of sp³-hybridized carbons (Fsp3) is 0.400.